The number of aromatic amines is 1. The first-order chi connectivity index (χ1) is 20.4. The molecule has 1 saturated carbocycles. The van der Waals surface area contributed by atoms with E-state index in [1.165, 1.54) is 18.8 Å². The molecule has 1 unspecified atom stereocenters. The molecular formula is C27H38N4Na2O12S. The summed E-state index contributed by atoms with van der Waals surface area (Å²) in [6, 6.07) is 0. The van der Waals surface area contributed by atoms with Gasteiger partial charge in [0.2, 0.25) is 0 Å². The molecule has 4 rings (SSSR count). The summed E-state index contributed by atoms with van der Waals surface area (Å²) >= 11 is 4.94. The summed E-state index contributed by atoms with van der Waals surface area (Å²) in [5.74, 6) is -3.32. The van der Waals surface area contributed by atoms with E-state index in [0.29, 0.717) is 55.2 Å². The molecule has 1 aromatic heterocycles. The summed E-state index contributed by atoms with van der Waals surface area (Å²) < 4.78 is 10.7. The number of allylic oxidation sites excluding steroid dienone is 1. The Balaban J connectivity index is -0.000000560. The average Bonchev–Trinajstić information content (AvgIpc) is 3.75. The zero-order valence-corrected chi connectivity index (χ0v) is 31.4. The van der Waals surface area contributed by atoms with Crippen LogP contribution < -0.4 is 80.8 Å². The molecule has 3 aliphatic carbocycles. The van der Waals surface area contributed by atoms with Gasteiger partial charge < -0.3 is 50.4 Å². The Morgan fingerprint density at radius 2 is 1.67 bits per heavy atom. The molecule has 6 N–H and O–H groups in total. The second-order valence-electron chi connectivity index (χ2n) is 9.38. The molecule has 1 aromatic rings. The van der Waals surface area contributed by atoms with E-state index in [4.69, 9.17) is 22.1 Å². The van der Waals surface area contributed by atoms with Crippen molar-refractivity contribution in [3.63, 3.8) is 0 Å². The number of Topliss-reactive ketones (excluding diaryl/α,β-unsaturated/α-hetero) is 1. The predicted octanol–water partition coefficient (Wildman–Crippen LogP) is -7.08. The van der Waals surface area contributed by atoms with Crippen molar-refractivity contribution in [2.45, 2.75) is 64.3 Å². The summed E-state index contributed by atoms with van der Waals surface area (Å²) in [5.41, 5.74) is 7.17. The van der Waals surface area contributed by atoms with Gasteiger partial charge in [0.15, 0.2) is 4.77 Å². The molecule has 46 heavy (non-hydrogen) atoms. The van der Waals surface area contributed by atoms with E-state index in [0.717, 1.165) is 31.4 Å². The van der Waals surface area contributed by atoms with Gasteiger partial charge in [-0.05, 0) is 63.6 Å². The van der Waals surface area contributed by atoms with Crippen molar-refractivity contribution in [3.05, 3.63) is 37.7 Å². The SMILES string of the molecule is COC(=O)C1=C(NCC(=O)[O-])CCC1.COC(=O)C1CCCC1=O.NCC=O.O=C(O)Cn1c2c(c(=O)[nH]c1=S)CCC2.[Na+].[Na+].[OH-]. The molecule has 0 bridgehead atoms. The Kier molecular flexibility index (Phi) is 27.0. The topological polar surface area (TPSA) is 270 Å². The molecule has 0 radical (unpaired) electrons. The maximum absolute atomic E-state index is 11.5. The molecule has 16 nitrogen and oxygen atoms in total. The number of carbonyl (C=O) groups is 6. The molecule has 0 spiro atoms. The molecule has 246 valence electrons. The maximum Gasteiger partial charge on any atom is 1.00 e. The van der Waals surface area contributed by atoms with Crippen molar-refractivity contribution in [1.82, 2.24) is 14.9 Å². The van der Waals surface area contributed by atoms with E-state index < -0.39 is 17.9 Å². The van der Waals surface area contributed by atoms with E-state index in [-0.39, 0.29) is 112 Å². The zero-order chi connectivity index (χ0) is 32.5. The molecule has 0 aromatic carbocycles. The average molecular weight is 689 g/mol. The first kappa shape index (κ1) is 48.2. The number of nitrogens with zero attached hydrogens (tertiary/aromatic N) is 1. The standard InChI is InChI=1S/C9H10N2O3S.C9H13NO4.C7H10O3.C2H5NO.2Na.H2O/c12-7(13)4-11-6-3-1-2-5(6)8(14)10-9(11)15;1-14-9(13)6-3-2-4-7(6)10-5-8(11)12;1-10-7(9)5-3-2-4-6(5)8;3-1-2-4;;;/h1-4H2,(H,12,13)(H,10,14,15);10H,2-5H2,1H3,(H,11,12);5H,2-4H2,1H3;2H,1,3H2;;;1H2/q;;;;2*+1;/p-2. The Labute approximate surface area is 314 Å². The van der Waals surface area contributed by atoms with Crippen LogP contribution in [0.4, 0.5) is 0 Å². The van der Waals surface area contributed by atoms with Gasteiger partial charge in [0.05, 0.1) is 32.3 Å². The molecule has 0 amide bonds. The van der Waals surface area contributed by atoms with Gasteiger partial charge in [0.1, 0.15) is 24.5 Å². The van der Waals surface area contributed by atoms with Crippen molar-refractivity contribution >= 4 is 48.2 Å². The number of aldehydes is 1. The number of carboxylic acids is 2. The molecule has 1 heterocycles. The quantitative estimate of drug-likeness (QED) is 0.0650. The second-order valence-corrected chi connectivity index (χ2v) is 9.77. The summed E-state index contributed by atoms with van der Waals surface area (Å²) in [4.78, 5) is 76.7. The first-order valence-corrected chi connectivity index (χ1v) is 13.9. The van der Waals surface area contributed by atoms with Crippen LogP contribution in [0.1, 0.15) is 56.2 Å². The number of aromatic nitrogens is 2. The fraction of sp³-hybridized carbons (Fsp3) is 0.556. The summed E-state index contributed by atoms with van der Waals surface area (Å²) in [6.45, 7) is -0.312. The maximum atomic E-state index is 11.5. The largest absolute Gasteiger partial charge is 1.00 e. The van der Waals surface area contributed by atoms with Crippen LogP contribution in [0.2, 0.25) is 0 Å². The van der Waals surface area contributed by atoms with Crippen LogP contribution >= 0.6 is 12.2 Å². The van der Waals surface area contributed by atoms with Gasteiger partial charge in [0.25, 0.3) is 5.56 Å². The van der Waals surface area contributed by atoms with Crippen molar-refractivity contribution in [2.24, 2.45) is 11.7 Å². The zero-order valence-electron chi connectivity index (χ0n) is 26.5. The number of fused-ring (bicyclic) bond motifs is 1. The molecule has 3 aliphatic rings. The van der Waals surface area contributed by atoms with Gasteiger partial charge in [-0.1, -0.05) is 0 Å². The number of aliphatic carboxylic acids is 2. The van der Waals surface area contributed by atoms with Gasteiger partial charge >= 0.3 is 77.0 Å². The second kappa shape index (κ2) is 25.8. The summed E-state index contributed by atoms with van der Waals surface area (Å²) in [5, 5.41) is 21.6. The number of carbonyl (C=O) groups excluding carboxylic acids is 5. The molecule has 0 saturated heterocycles. The minimum absolute atomic E-state index is 0. The molecule has 19 heteroatoms. The number of hydrogen-bond donors (Lipinski definition) is 4. The summed E-state index contributed by atoms with van der Waals surface area (Å²) in [6.07, 6.45) is 7.20. The Bertz CT molecular complexity index is 1350. The van der Waals surface area contributed by atoms with Crippen LogP contribution in [0, 0.1) is 10.7 Å². The van der Waals surface area contributed by atoms with Crippen molar-refractivity contribution in [2.75, 3.05) is 27.3 Å². The number of H-pyrrole nitrogens is 1. The van der Waals surface area contributed by atoms with Gasteiger partial charge in [-0.15, -0.1) is 0 Å². The van der Waals surface area contributed by atoms with Crippen LogP contribution in [-0.2, 0) is 57.6 Å². The number of hydrogen-bond acceptors (Lipinski definition) is 14. The fourth-order valence-corrected chi connectivity index (χ4v) is 4.88. The third-order valence-electron chi connectivity index (χ3n) is 6.53. The number of carboxylic acid groups (broad SMARTS) is 2. The third-order valence-corrected chi connectivity index (χ3v) is 6.85. The van der Waals surface area contributed by atoms with E-state index in [9.17, 15) is 33.9 Å². The van der Waals surface area contributed by atoms with Crippen molar-refractivity contribution in [1.29, 1.82) is 0 Å². The number of methoxy groups -OCH3 is 2. The smallest absolute Gasteiger partial charge is 0.870 e. The molecule has 0 aliphatic heterocycles. The number of nitrogens with one attached hydrogen (secondary N) is 2. The van der Waals surface area contributed by atoms with Crippen LogP contribution in [0.3, 0.4) is 0 Å². The van der Waals surface area contributed by atoms with Gasteiger partial charge in [-0.3, -0.25) is 24.2 Å². The van der Waals surface area contributed by atoms with Crippen molar-refractivity contribution < 1.29 is 113 Å². The van der Waals surface area contributed by atoms with E-state index in [2.05, 4.69) is 25.5 Å². The minimum atomic E-state index is -1.19. The van der Waals surface area contributed by atoms with Crippen LogP contribution in [0.5, 0.6) is 0 Å². The van der Waals surface area contributed by atoms with E-state index in [1.807, 2.05) is 0 Å². The van der Waals surface area contributed by atoms with Gasteiger partial charge in [-0.2, -0.15) is 0 Å². The van der Waals surface area contributed by atoms with Crippen molar-refractivity contribution in [3.8, 4) is 0 Å². The summed E-state index contributed by atoms with van der Waals surface area (Å²) in [7, 11) is 2.62. The van der Waals surface area contributed by atoms with E-state index >= 15 is 0 Å². The molecule has 1 atom stereocenters. The van der Waals surface area contributed by atoms with Gasteiger partial charge in [-0.25, -0.2) is 4.79 Å². The first-order valence-electron chi connectivity index (χ1n) is 13.5. The monoisotopic (exact) mass is 688 g/mol. The normalized spacial score (nSPS) is 15.2. The minimum Gasteiger partial charge on any atom is -0.870 e. The number of nitrogens with two attached hydrogens (primary N) is 1. The van der Waals surface area contributed by atoms with Crippen LogP contribution in [-0.4, -0.2) is 83.4 Å². The Morgan fingerprint density at radius 1 is 1.07 bits per heavy atom. The third kappa shape index (κ3) is 16.1. The number of ether oxygens (including phenoxy) is 2. The molecule has 1 fully saturated rings. The van der Waals surface area contributed by atoms with Crippen LogP contribution in [0.15, 0.2) is 16.1 Å². The van der Waals surface area contributed by atoms with Gasteiger partial charge in [0, 0.05) is 29.9 Å². The number of esters is 2. The van der Waals surface area contributed by atoms with E-state index in [1.54, 1.807) is 0 Å². The number of ketones is 1. The fourth-order valence-electron chi connectivity index (χ4n) is 4.61. The number of rotatable bonds is 8. The Morgan fingerprint density at radius 3 is 2.15 bits per heavy atom. The molecular weight excluding hydrogens is 650 g/mol. The Hall–Kier alpha value is -2.22. The van der Waals surface area contributed by atoms with Crippen LogP contribution in [0.25, 0.3) is 0 Å². The predicted molar refractivity (Wildman–Crippen MR) is 153 cm³/mol.